The number of nitrogens with one attached hydrogen (secondary N) is 1. The van der Waals surface area contributed by atoms with E-state index < -0.39 is 18.3 Å². The molecule has 1 heterocycles. The van der Waals surface area contributed by atoms with Gasteiger partial charge in [0.1, 0.15) is 5.75 Å². The molecule has 1 fully saturated rings. The topological polar surface area (TPSA) is 56.8 Å². The number of hydrogen-bond acceptors (Lipinski definition) is 4. The fourth-order valence-electron chi connectivity index (χ4n) is 2.74. The van der Waals surface area contributed by atoms with Crippen LogP contribution in [-0.2, 0) is 9.31 Å². The third-order valence-electron chi connectivity index (χ3n) is 5.03. The number of carbonyl (C=O) groups excluding carboxylic acids is 1. The molecule has 0 atom stereocenters. The van der Waals surface area contributed by atoms with E-state index in [2.05, 4.69) is 5.32 Å². The molecule has 0 aromatic heterocycles. The molecular weight excluding hydrogens is 329 g/mol. The highest BCUT2D eigenvalue weighted by molar-refractivity contribution is 6.62. The molecule has 0 saturated carbocycles. The molecule has 6 heteroatoms. The molecule has 0 bridgehead atoms. The van der Waals surface area contributed by atoms with Gasteiger partial charge in [-0.2, -0.15) is 0 Å². The van der Waals surface area contributed by atoms with Gasteiger partial charge in [0.25, 0.3) is 5.91 Å². The van der Waals surface area contributed by atoms with E-state index in [1.807, 2.05) is 64.1 Å². The lowest BCUT2D eigenvalue weighted by Crippen LogP contribution is -2.41. The van der Waals surface area contributed by atoms with Crippen LogP contribution >= 0.6 is 0 Å². The molecule has 0 aliphatic carbocycles. The third-order valence-corrected chi connectivity index (χ3v) is 5.03. The lowest BCUT2D eigenvalue weighted by atomic mass is 9.78. The predicted molar refractivity (Wildman–Crippen MR) is 103 cm³/mol. The molecule has 5 nitrogen and oxygen atoms in total. The normalized spacial score (nSPS) is 17.8. The summed E-state index contributed by atoms with van der Waals surface area (Å²) in [5.41, 5.74) is 1.16. The predicted octanol–water partition coefficient (Wildman–Crippen LogP) is 3.25. The number of carbonyl (C=O) groups is 1. The van der Waals surface area contributed by atoms with Crippen LogP contribution in [0.4, 0.5) is 5.69 Å². The number of amides is 1. The maximum absolute atomic E-state index is 12.6. The number of ether oxygens (including phenoxy) is 1. The van der Waals surface area contributed by atoms with Gasteiger partial charge in [0, 0.05) is 5.69 Å². The van der Waals surface area contributed by atoms with Gasteiger partial charge in [-0.15, -0.1) is 0 Å². The van der Waals surface area contributed by atoms with E-state index in [9.17, 15) is 4.79 Å². The minimum atomic E-state index is -0.500. The van der Waals surface area contributed by atoms with Gasteiger partial charge >= 0.3 is 7.12 Å². The molecule has 1 aliphatic rings. The average Bonchev–Trinajstić information content (AvgIpc) is 2.83. The molecule has 1 aliphatic heterocycles. The first-order valence-corrected chi connectivity index (χ1v) is 8.63. The monoisotopic (exact) mass is 353 g/mol. The first kappa shape index (κ1) is 18.5. The molecule has 0 unspecified atom stereocenters. The van der Waals surface area contributed by atoms with Gasteiger partial charge in [-0.05, 0) is 57.4 Å². The molecule has 1 N–H and O–H groups in total. The fraction of sp³-hybridized carbons (Fsp3) is 0.350. The lowest BCUT2D eigenvalue weighted by molar-refractivity contribution is 0.00578. The molecule has 3 rings (SSSR count). The standard InChI is InChI=1S/C20H24BNO4/c1-19(2)20(3,4)26-21(25-19)14-11-12-16(17(13-14)24-5)18(23)22-15-9-7-6-8-10-15/h6-13H,1-5H3,(H,22,23). The molecule has 2 aromatic carbocycles. The van der Waals surface area contributed by atoms with Gasteiger partial charge in [-0.1, -0.05) is 24.3 Å². The lowest BCUT2D eigenvalue weighted by Gasteiger charge is -2.32. The summed E-state index contributed by atoms with van der Waals surface area (Å²) in [5, 5.41) is 2.87. The number of benzene rings is 2. The van der Waals surface area contributed by atoms with Crippen molar-refractivity contribution in [3.05, 3.63) is 54.1 Å². The smallest absolute Gasteiger partial charge is 0.494 e. The maximum Gasteiger partial charge on any atom is 0.494 e. The average molecular weight is 353 g/mol. The summed E-state index contributed by atoms with van der Waals surface area (Å²) in [6.45, 7) is 8.02. The van der Waals surface area contributed by atoms with Crippen LogP contribution in [0, 0.1) is 0 Å². The van der Waals surface area contributed by atoms with Gasteiger partial charge in [0.15, 0.2) is 0 Å². The van der Waals surface area contributed by atoms with E-state index in [-0.39, 0.29) is 5.91 Å². The quantitative estimate of drug-likeness (QED) is 0.858. The second-order valence-electron chi connectivity index (χ2n) is 7.37. The largest absolute Gasteiger partial charge is 0.496 e. The van der Waals surface area contributed by atoms with E-state index in [0.717, 1.165) is 11.2 Å². The maximum atomic E-state index is 12.6. The van der Waals surface area contributed by atoms with Crippen LogP contribution < -0.4 is 15.5 Å². The highest BCUT2D eigenvalue weighted by atomic mass is 16.7. The number of hydrogen-bond donors (Lipinski definition) is 1. The van der Waals surface area contributed by atoms with Crippen LogP contribution in [0.15, 0.2) is 48.5 Å². The Hall–Kier alpha value is -2.31. The van der Waals surface area contributed by atoms with Crippen molar-refractivity contribution in [2.24, 2.45) is 0 Å². The molecule has 2 aromatic rings. The zero-order chi connectivity index (χ0) is 18.9. The van der Waals surface area contributed by atoms with Crippen molar-refractivity contribution in [3.8, 4) is 5.75 Å². The van der Waals surface area contributed by atoms with Crippen molar-refractivity contribution in [2.45, 2.75) is 38.9 Å². The molecule has 1 saturated heterocycles. The summed E-state index contributed by atoms with van der Waals surface area (Å²) < 4.78 is 17.6. The van der Waals surface area contributed by atoms with E-state index in [4.69, 9.17) is 14.0 Å². The summed E-state index contributed by atoms with van der Waals surface area (Å²) >= 11 is 0. The number of methoxy groups -OCH3 is 1. The summed E-state index contributed by atoms with van der Waals surface area (Å²) in [4.78, 5) is 12.6. The highest BCUT2D eigenvalue weighted by Crippen LogP contribution is 2.36. The summed E-state index contributed by atoms with van der Waals surface area (Å²) in [7, 11) is 1.04. The second kappa shape index (κ2) is 6.78. The number of rotatable bonds is 4. The van der Waals surface area contributed by atoms with Crippen molar-refractivity contribution in [2.75, 3.05) is 12.4 Å². The zero-order valence-corrected chi connectivity index (χ0v) is 15.8. The van der Waals surface area contributed by atoms with Crippen molar-refractivity contribution in [1.82, 2.24) is 0 Å². The number of anilines is 1. The Balaban J connectivity index is 1.84. The Morgan fingerprint density at radius 1 is 1.00 bits per heavy atom. The van der Waals surface area contributed by atoms with Crippen LogP contribution in [0.5, 0.6) is 5.75 Å². The van der Waals surface area contributed by atoms with E-state index in [1.165, 1.54) is 0 Å². The van der Waals surface area contributed by atoms with Crippen molar-refractivity contribution in [3.63, 3.8) is 0 Å². The summed E-state index contributed by atoms with van der Waals surface area (Å²) in [6, 6.07) is 14.7. The van der Waals surface area contributed by atoms with E-state index in [1.54, 1.807) is 19.2 Å². The molecule has 136 valence electrons. The van der Waals surface area contributed by atoms with Crippen LogP contribution in [0.1, 0.15) is 38.1 Å². The minimum absolute atomic E-state index is 0.228. The fourth-order valence-corrected chi connectivity index (χ4v) is 2.74. The van der Waals surface area contributed by atoms with Gasteiger partial charge in [0.2, 0.25) is 0 Å². The molecule has 1 amide bonds. The van der Waals surface area contributed by atoms with Gasteiger partial charge < -0.3 is 19.4 Å². The van der Waals surface area contributed by atoms with Gasteiger partial charge in [0.05, 0.1) is 23.9 Å². The number of para-hydroxylation sites is 1. The Kier molecular flexibility index (Phi) is 4.82. The SMILES string of the molecule is COc1cc(B2OC(C)(C)C(C)(C)O2)ccc1C(=O)Nc1ccccc1. The van der Waals surface area contributed by atoms with E-state index in [0.29, 0.717) is 11.3 Å². The molecule has 0 radical (unpaired) electrons. The van der Waals surface area contributed by atoms with E-state index >= 15 is 0 Å². The third kappa shape index (κ3) is 3.48. The Morgan fingerprint density at radius 3 is 2.19 bits per heavy atom. The van der Waals surface area contributed by atoms with Crippen LogP contribution in [0.3, 0.4) is 0 Å². The van der Waals surface area contributed by atoms with Crippen LogP contribution in [-0.4, -0.2) is 31.3 Å². The minimum Gasteiger partial charge on any atom is -0.496 e. The second-order valence-corrected chi connectivity index (χ2v) is 7.37. The Labute approximate surface area is 154 Å². The summed E-state index contributed by atoms with van der Waals surface area (Å²) in [5.74, 6) is 0.249. The van der Waals surface area contributed by atoms with Crippen LogP contribution in [0.2, 0.25) is 0 Å². The van der Waals surface area contributed by atoms with Crippen molar-refractivity contribution in [1.29, 1.82) is 0 Å². The van der Waals surface area contributed by atoms with Crippen molar-refractivity contribution < 1.29 is 18.8 Å². The molecule has 0 spiro atoms. The zero-order valence-electron chi connectivity index (χ0n) is 15.8. The Bertz CT molecular complexity index is 789. The highest BCUT2D eigenvalue weighted by Gasteiger charge is 2.51. The first-order valence-electron chi connectivity index (χ1n) is 8.63. The first-order chi connectivity index (χ1) is 12.2. The molecular formula is C20H24BNO4. The Morgan fingerprint density at radius 2 is 1.62 bits per heavy atom. The van der Waals surface area contributed by atoms with Crippen molar-refractivity contribution >= 4 is 24.2 Å². The molecule has 26 heavy (non-hydrogen) atoms. The van der Waals surface area contributed by atoms with Crippen LogP contribution in [0.25, 0.3) is 0 Å². The van der Waals surface area contributed by atoms with Gasteiger partial charge in [-0.3, -0.25) is 4.79 Å². The van der Waals surface area contributed by atoms with Gasteiger partial charge in [-0.25, -0.2) is 0 Å². The summed E-state index contributed by atoms with van der Waals surface area (Å²) in [6.07, 6.45) is 0.